The Kier molecular flexibility index (Phi) is 6.07. The van der Waals surface area contributed by atoms with E-state index < -0.39 is 23.4 Å². The monoisotopic (exact) mass is 398 g/mol. The lowest BCUT2D eigenvalue weighted by atomic mass is 10.1. The van der Waals surface area contributed by atoms with Crippen LogP contribution in [0.2, 0.25) is 0 Å². The van der Waals surface area contributed by atoms with E-state index in [1.165, 1.54) is 18.9 Å². The van der Waals surface area contributed by atoms with Crippen molar-refractivity contribution in [1.29, 1.82) is 0 Å². The maximum absolute atomic E-state index is 12.9. The highest BCUT2D eigenvalue weighted by atomic mass is 19.4. The zero-order chi connectivity index (χ0) is 20.5. The molecular weight excluding hydrogens is 371 g/mol. The summed E-state index contributed by atoms with van der Waals surface area (Å²) in [5, 5.41) is 8.05. The fourth-order valence-corrected chi connectivity index (χ4v) is 4.04. The van der Waals surface area contributed by atoms with Crippen LogP contribution in [0.4, 0.5) is 24.5 Å². The van der Waals surface area contributed by atoms with Gasteiger partial charge in [-0.15, -0.1) is 5.69 Å². The standard InChI is InChI=1S/C16H21F3N3.C4H6O2/c1-11-3-2-7-22(11)13-6-8-21(10-13)12-4-5-15(20)14(9-12)16(17,18)19;5-4(6)3-1-2-3/h4-5,9,11,13,20H,2-3,6-8,10H2,1H3;3H,1-2H2,(H,5,6)/q-1;. The molecule has 2 heterocycles. The zero-order valence-corrected chi connectivity index (χ0v) is 16.0. The summed E-state index contributed by atoms with van der Waals surface area (Å²) in [5.74, 6) is -0.611. The minimum Gasteiger partial charge on any atom is -0.698 e. The molecule has 2 atom stereocenters. The van der Waals surface area contributed by atoms with E-state index in [0.29, 0.717) is 17.8 Å². The van der Waals surface area contributed by atoms with Crippen LogP contribution in [-0.4, -0.2) is 47.7 Å². The highest BCUT2D eigenvalue weighted by molar-refractivity contribution is 5.72. The quantitative estimate of drug-likeness (QED) is 0.784. The van der Waals surface area contributed by atoms with E-state index in [0.717, 1.165) is 45.0 Å². The molecule has 5 nitrogen and oxygen atoms in total. The fourth-order valence-electron chi connectivity index (χ4n) is 4.04. The Morgan fingerprint density at radius 3 is 2.39 bits per heavy atom. The first-order chi connectivity index (χ1) is 13.2. The predicted molar refractivity (Wildman–Crippen MR) is 102 cm³/mol. The van der Waals surface area contributed by atoms with Gasteiger partial charge in [-0.25, -0.2) is 0 Å². The van der Waals surface area contributed by atoms with Crippen LogP contribution in [0.1, 0.15) is 44.6 Å². The number of nitrogens with one attached hydrogen (secondary N) is 1. The van der Waals surface area contributed by atoms with Crippen molar-refractivity contribution >= 4 is 17.3 Å². The van der Waals surface area contributed by atoms with Gasteiger partial charge in [-0.3, -0.25) is 9.69 Å². The van der Waals surface area contributed by atoms with Crippen LogP contribution in [0.25, 0.3) is 5.73 Å². The first-order valence-corrected chi connectivity index (χ1v) is 9.83. The van der Waals surface area contributed by atoms with E-state index in [-0.39, 0.29) is 5.92 Å². The third-order valence-corrected chi connectivity index (χ3v) is 5.84. The third kappa shape index (κ3) is 4.90. The number of halogens is 3. The predicted octanol–water partition coefficient (Wildman–Crippen LogP) is 4.93. The topological polar surface area (TPSA) is 67.6 Å². The van der Waals surface area contributed by atoms with E-state index in [1.807, 2.05) is 4.90 Å². The van der Waals surface area contributed by atoms with Crippen LogP contribution >= 0.6 is 0 Å². The molecule has 0 spiro atoms. The molecule has 2 N–H and O–H groups in total. The van der Waals surface area contributed by atoms with Crippen molar-refractivity contribution in [2.45, 2.75) is 57.3 Å². The summed E-state index contributed by atoms with van der Waals surface area (Å²) in [5.41, 5.74) is 6.73. The number of rotatable bonds is 3. The van der Waals surface area contributed by atoms with Crippen LogP contribution in [0, 0.1) is 5.92 Å². The largest absolute Gasteiger partial charge is 0.698 e. The molecule has 8 heteroatoms. The molecule has 0 bridgehead atoms. The number of hydrogen-bond acceptors (Lipinski definition) is 3. The molecule has 0 aromatic heterocycles. The summed E-state index contributed by atoms with van der Waals surface area (Å²) >= 11 is 0. The minimum atomic E-state index is -4.46. The Bertz CT molecular complexity index is 706. The van der Waals surface area contributed by atoms with Crippen LogP contribution in [-0.2, 0) is 11.0 Å². The molecule has 3 fully saturated rings. The summed E-state index contributed by atoms with van der Waals surface area (Å²) in [7, 11) is 0. The Hall–Kier alpha value is -1.96. The molecular formula is C20H27F3N3O2-. The minimum absolute atomic E-state index is 0.0185. The molecule has 0 radical (unpaired) electrons. The summed E-state index contributed by atoms with van der Waals surface area (Å²) in [6.07, 6.45) is 0.750. The van der Waals surface area contributed by atoms with E-state index in [9.17, 15) is 18.0 Å². The highest BCUT2D eigenvalue weighted by Gasteiger charge is 2.35. The van der Waals surface area contributed by atoms with Gasteiger partial charge >= 0.3 is 12.1 Å². The van der Waals surface area contributed by atoms with Gasteiger partial charge in [0.2, 0.25) is 0 Å². The number of alkyl halides is 3. The number of benzene rings is 1. The molecule has 0 amide bonds. The van der Waals surface area contributed by atoms with Gasteiger partial charge in [0, 0.05) is 36.4 Å². The number of carboxylic acid groups (broad SMARTS) is 1. The molecule has 1 aliphatic carbocycles. The number of likely N-dealkylation sites (tertiary alicyclic amines) is 1. The second kappa shape index (κ2) is 8.19. The van der Waals surface area contributed by atoms with Crippen molar-refractivity contribution in [3.63, 3.8) is 0 Å². The Morgan fingerprint density at radius 1 is 1.18 bits per heavy atom. The zero-order valence-electron chi connectivity index (χ0n) is 16.0. The molecule has 2 aliphatic heterocycles. The number of hydrogen-bond donors (Lipinski definition) is 1. The maximum atomic E-state index is 12.9. The fraction of sp³-hybridized carbons (Fsp3) is 0.650. The Morgan fingerprint density at radius 2 is 1.89 bits per heavy atom. The Balaban J connectivity index is 0.000000320. The van der Waals surface area contributed by atoms with Crippen molar-refractivity contribution in [2.24, 2.45) is 5.92 Å². The van der Waals surface area contributed by atoms with Crippen LogP contribution in [0.5, 0.6) is 0 Å². The molecule has 2 saturated heterocycles. The van der Waals surface area contributed by atoms with Gasteiger partial charge in [0.25, 0.3) is 0 Å². The van der Waals surface area contributed by atoms with Gasteiger partial charge in [-0.1, -0.05) is 6.07 Å². The van der Waals surface area contributed by atoms with Gasteiger partial charge in [0.15, 0.2) is 0 Å². The number of aliphatic carboxylic acids is 1. The Labute approximate surface area is 163 Å². The van der Waals surface area contributed by atoms with E-state index in [4.69, 9.17) is 10.8 Å². The van der Waals surface area contributed by atoms with Crippen molar-refractivity contribution in [3.8, 4) is 0 Å². The van der Waals surface area contributed by atoms with Crippen molar-refractivity contribution < 1.29 is 23.1 Å². The lowest BCUT2D eigenvalue weighted by molar-refractivity contribution is -0.138. The number of carbonyl (C=O) groups is 1. The second-order valence-corrected chi connectivity index (χ2v) is 7.96. The summed E-state index contributed by atoms with van der Waals surface area (Å²) in [6, 6.07) is 5.02. The average Bonchev–Trinajstić information content (AvgIpc) is 3.23. The van der Waals surface area contributed by atoms with E-state index in [1.54, 1.807) is 6.07 Å². The van der Waals surface area contributed by atoms with Crippen LogP contribution < -0.4 is 4.90 Å². The van der Waals surface area contributed by atoms with Gasteiger partial charge in [0.05, 0.1) is 5.92 Å². The molecule has 1 aromatic rings. The van der Waals surface area contributed by atoms with Crippen molar-refractivity contribution in [1.82, 2.24) is 4.90 Å². The summed E-state index contributed by atoms with van der Waals surface area (Å²) in [6.45, 7) is 4.88. The van der Waals surface area contributed by atoms with Crippen LogP contribution in [0.15, 0.2) is 18.2 Å². The number of carboxylic acids is 1. The van der Waals surface area contributed by atoms with E-state index >= 15 is 0 Å². The molecule has 4 rings (SSSR count). The lowest BCUT2D eigenvalue weighted by Gasteiger charge is -2.29. The number of nitrogens with zero attached hydrogens (tertiary/aromatic N) is 2. The smallest absolute Gasteiger partial charge is 0.415 e. The normalized spacial score (nSPS) is 25.5. The van der Waals surface area contributed by atoms with Crippen molar-refractivity contribution in [2.75, 3.05) is 24.5 Å². The summed E-state index contributed by atoms with van der Waals surface area (Å²) < 4.78 is 38.8. The van der Waals surface area contributed by atoms with Gasteiger partial charge < -0.3 is 15.7 Å². The molecule has 1 saturated carbocycles. The molecule has 28 heavy (non-hydrogen) atoms. The second-order valence-electron chi connectivity index (χ2n) is 7.96. The van der Waals surface area contributed by atoms with Crippen LogP contribution in [0.3, 0.4) is 0 Å². The maximum Gasteiger partial charge on any atom is 0.415 e. The highest BCUT2D eigenvalue weighted by Crippen LogP contribution is 2.39. The summed E-state index contributed by atoms with van der Waals surface area (Å²) in [4.78, 5) is 14.3. The van der Waals surface area contributed by atoms with E-state index in [2.05, 4.69) is 11.8 Å². The average molecular weight is 398 g/mol. The SMILES string of the molecule is CC1CCCN1C1CCN(c2ccc([NH-])c(C(F)(F)F)c2)C1.O=C(O)C1CC1. The van der Waals surface area contributed by atoms with Gasteiger partial charge in [0.1, 0.15) is 0 Å². The lowest BCUT2D eigenvalue weighted by Crippen LogP contribution is -2.39. The first kappa shape index (κ1) is 20.8. The molecule has 3 aliphatic rings. The molecule has 2 unspecified atom stereocenters. The van der Waals surface area contributed by atoms with Gasteiger partial charge in [-0.2, -0.15) is 13.2 Å². The third-order valence-electron chi connectivity index (χ3n) is 5.84. The number of anilines is 1. The van der Waals surface area contributed by atoms with Crippen molar-refractivity contribution in [3.05, 3.63) is 29.5 Å². The first-order valence-electron chi connectivity index (χ1n) is 9.83. The molecule has 1 aromatic carbocycles. The molecule has 156 valence electrons. The van der Waals surface area contributed by atoms with Gasteiger partial charge in [-0.05, 0) is 57.7 Å².